The lowest BCUT2D eigenvalue weighted by atomic mass is 10.1. The van der Waals surface area contributed by atoms with Crippen LogP contribution in [0.2, 0.25) is 0 Å². The number of hydrogen-bond donors (Lipinski definition) is 1. The molecule has 126 valence electrons. The Bertz CT molecular complexity index is 915. The highest BCUT2D eigenvalue weighted by Gasteiger charge is 2.10. The topological polar surface area (TPSA) is 55.1 Å². The molecule has 0 aliphatic heterocycles. The fourth-order valence-corrected chi connectivity index (χ4v) is 2.99. The Kier molecular flexibility index (Phi) is 5.68. The van der Waals surface area contributed by atoms with Gasteiger partial charge in [0.1, 0.15) is 11.6 Å². The summed E-state index contributed by atoms with van der Waals surface area (Å²) in [5.74, 6) is -0.257. The van der Waals surface area contributed by atoms with Crippen molar-refractivity contribution < 1.29 is 9.50 Å². The van der Waals surface area contributed by atoms with Crippen LogP contribution in [0.1, 0.15) is 25.0 Å². The molecule has 1 aromatic heterocycles. The second-order valence-electron chi connectivity index (χ2n) is 5.17. The molecule has 3 aromatic rings. The van der Waals surface area contributed by atoms with Crippen molar-refractivity contribution >= 4 is 25.4 Å². The molecule has 6 heteroatoms. The first-order chi connectivity index (χ1) is 11.5. The highest BCUT2D eigenvalue weighted by Crippen LogP contribution is 2.19. The Morgan fingerprint density at radius 3 is 2.62 bits per heavy atom. The monoisotopic (exact) mass is 346 g/mol. The second-order valence-corrected chi connectivity index (χ2v) is 5.79. The van der Waals surface area contributed by atoms with Crippen molar-refractivity contribution in [3.63, 3.8) is 0 Å². The fourth-order valence-electron chi connectivity index (χ4n) is 2.51. The molecule has 1 N–H and O–H groups in total. The van der Waals surface area contributed by atoms with Crippen molar-refractivity contribution in [2.24, 2.45) is 0 Å². The normalized spacial score (nSPS) is 10.4. The number of phenolic OH excluding ortho intramolecular Hbond substituents is 1. The lowest BCUT2D eigenvalue weighted by Crippen LogP contribution is -2.16. The summed E-state index contributed by atoms with van der Waals surface area (Å²) in [5, 5.41) is 10.7. The summed E-state index contributed by atoms with van der Waals surface area (Å²) >= 11 is 0. The Morgan fingerprint density at radius 2 is 1.96 bits per heavy atom. The first kappa shape index (κ1) is 18.1. The molecule has 1 unspecified atom stereocenters. The van der Waals surface area contributed by atoms with Crippen molar-refractivity contribution in [2.75, 3.05) is 0 Å². The summed E-state index contributed by atoms with van der Waals surface area (Å²) in [6.45, 7) is 6.30. The molecule has 0 aliphatic carbocycles. The molecule has 0 aliphatic rings. The maximum atomic E-state index is 13.4. The van der Waals surface area contributed by atoms with E-state index in [2.05, 4.69) is 14.2 Å². The van der Waals surface area contributed by atoms with Crippen LogP contribution in [-0.4, -0.2) is 14.7 Å². The van der Waals surface area contributed by atoms with Gasteiger partial charge in [0.05, 0.1) is 17.2 Å². The first-order valence-corrected chi connectivity index (χ1v) is 8.26. The average Bonchev–Trinajstić information content (AvgIpc) is 2.55. The molecule has 0 saturated heterocycles. The maximum Gasteiger partial charge on any atom is 0.280 e. The molecule has 1 atom stereocenters. The molecule has 4 nitrogen and oxygen atoms in total. The number of aromatic hydroxyl groups is 1. The van der Waals surface area contributed by atoms with E-state index < -0.39 is 0 Å². The molecular weight excluding hydrogens is 326 g/mol. The molecular formula is C18H20FN2O2P. The second kappa shape index (κ2) is 7.54. The highest BCUT2D eigenvalue weighted by molar-refractivity contribution is 7.27. The van der Waals surface area contributed by atoms with Crippen molar-refractivity contribution in [3.05, 3.63) is 64.0 Å². The van der Waals surface area contributed by atoms with Crippen LogP contribution >= 0.6 is 9.24 Å². The first-order valence-electron chi connectivity index (χ1n) is 7.68. The van der Waals surface area contributed by atoms with E-state index in [4.69, 9.17) is 0 Å². The predicted molar refractivity (Wildman–Crippen MR) is 98.6 cm³/mol. The van der Waals surface area contributed by atoms with Crippen LogP contribution in [0.25, 0.3) is 10.9 Å². The van der Waals surface area contributed by atoms with Crippen LogP contribution in [0, 0.1) is 12.7 Å². The third-order valence-corrected chi connectivity index (χ3v) is 4.15. The number of aromatic nitrogens is 2. The molecule has 1 heterocycles. The van der Waals surface area contributed by atoms with E-state index in [9.17, 15) is 14.3 Å². The predicted octanol–water partition coefficient (Wildman–Crippen LogP) is 3.12. The molecule has 0 bridgehead atoms. The largest absolute Gasteiger partial charge is 0.508 e. The average molecular weight is 346 g/mol. The van der Waals surface area contributed by atoms with E-state index in [0.29, 0.717) is 17.4 Å². The quantitative estimate of drug-likeness (QED) is 0.726. The summed E-state index contributed by atoms with van der Waals surface area (Å²) in [7, 11) is 2.53. The smallest absolute Gasteiger partial charge is 0.280 e. The number of phenols is 1. The number of halogens is 1. The van der Waals surface area contributed by atoms with E-state index in [1.54, 1.807) is 6.07 Å². The number of rotatable bonds is 2. The SMILES string of the molecule is CC.Cc1cc(F)cc(P)c1Cn1cnc(=O)c2cc(O)ccc21. The van der Waals surface area contributed by atoms with Gasteiger partial charge in [-0.25, -0.2) is 4.39 Å². The van der Waals surface area contributed by atoms with Crippen LogP contribution in [0.15, 0.2) is 41.5 Å². The van der Waals surface area contributed by atoms with Gasteiger partial charge < -0.3 is 9.67 Å². The van der Waals surface area contributed by atoms with Crippen molar-refractivity contribution in [3.8, 4) is 5.75 Å². The standard InChI is InChI=1S/C16H14FN2O2P.C2H6/c1-9-4-10(17)5-15(22)13(9)7-19-8-18-16(21)12-6-11(20)2-3-14(12)19;1-2/h2-6,8,20H,7,22H2,1H3;1-2H3. The van der Waals surface area contributed by atoms with Crippen LogP contribution in [0.3, 0.4) is 0 Å². The fraction of sp³-hybridized carbons (Fsp3) is 0.222. The number of benzene rings is 2. The summed E-state index contributed by atoms with van der Waals surface area (Å²) in [5.41, 5.74) is 2.07. The van der Waals surface area contributed by atoms with Crippen molar-refractivity contribution in [1.82, 2.24) is 9.55 Å². The maximum absolute atomic E-state index is 13.4. The zero-order chi connectivity index (χ0) is 17.9. The number of fused-ring (bicyclic) bond motifs is 1. The Balaban J connectivity index is 0.00000100. The molecule has 2 aromatic carbocycles. The summed E-state index contributed by atoms with van der Waals surface area (Å²) < 4.78 is 15.2. The minimum absolute atomic E-state index is 0.0221. The summed E-state index contributed by atoms with van der Waals surface area (Å²) in [4.78, 5) is 15.7. The third kappa shape index (κ3) is 3.62. The van der Waals surface area contributed by atoms with E-state index in [0.717, 1.165) is 16.4 Å². The molecule has 0 fully saturated rings. The highest BCUT2D eigenvalue weighted by atomic mass is 31.0. The number of aryl methyl sites for hydroxylation is 1. The van der Waals surface area contributed by atoms with E-state index >= 15 is 0 Å². The zero-order valence-corrected chi connectivity index (χ0v) is 15.0. The van der Waals surface area contributed by atoms with Gasteiger partial charge in [0.15, 0.2) is 0 Å². The van der Waals surface area contributed by atoms with Gasteiger partial charge in [0, 0.05) is 6.54 Å². The minimum Gasteiger partial charge on any atom is -0.508 e. The number of nitrogens with zero attached hydrogens (tertiary/aromatic N) is 2. The molecule has 0 amide bonds. The van der Waals surface area contributed by atoms with Gasteiger partial charge in [-0.1, -0.05) is 13.8 Å². The van der Waals surface area contributed by atoms with Gasteiger partial charge in [-0.15, -0.1) is 9.24 Å². The van der Waals surface area contributed by atoms with Crippen molar-refractivity contribution in [1.29, 1.82) is 0 Å². The lowest BCUT2D eigenvalue weighted by Gasteiger charge is -2.14. The van der Waals surface area contributed by atoms with Crippen molar-refractivity contribution in [2.45, 2.75) is 27.3 Å². The van der Waals surface area contributed by atoms with Crippen LogP contribution in [0.5, 0.6) is 5.75 Å². The van der Waals surface area contributed by atoms with Crippen LogP contribution < -0.4 is 10.9 Å². The lowest BCUT2D eigenvalue weighted by molar-refractivity contribution is 0.476. The van der Waals surface area contributed by atoms with Gasteiger partial charge in [0.25, 0.3) is 5.56 Å². The van der Waals surface area contributed by atoms with Gasteiger partial charge >= 0.3 is 0 Å². The van der Waals surface area contributed by atoms with E-state index in [-0.39, 0.29) is 17.1 Å². The van der Waals surface area contributed by atoms with Gasteiger partial charge in [0.2, 0.25) is 0 Å². The molecule has 0 radical (unpaired) electrons. The Hall–Kier alpha value is -2.26. The zero-order valence-electron chi connectivity index (χ0n) is 13.9. The Labute approximate surface area is 142 Å². The third-order valence-electron chi connectivity index (χ3n) is 3.64. The summed E-state index contributed by atoms with van der Waals surface area (Å²) in [6.07, 6.45) is 1.47. The van der Waals surface area contributed by atoms with Crippen LogP contribution in [0.4, 0.5) is 4.39 Å². The van der Waals surface area contributed by atoms with E-state index in [1.165, 1.54) is 30.6 Å². The minimum atomic E-state index is -0.385. The molecule has 24 heavy (non-hydrogen) atoms. The summed E-state index contributed by atoms with van der Waals surface area (Å²) in [6, 6.07) is 7.54. The van der Waals surface area contributed by atoms with E-state index in [1.807, 2.05) is 25.3 Å². The molecule has 3 rings (SSSR count). The Morgan fingerprint density at radius 1 is 1.25 bits per heavy atom. The van der Waals surface area contributed by atoms with Gasteiger partial charge in [-0.2, -0.15) is 4.98 Å². The van der Waals surface area contributed by atoms with Crippen LogP contribution in [-0.2, 0) is 6.54 Å². The van der Waals surface area contributed by atoms with Gasteiger partial charge in [-0.05, 0) is 53.7 Å². The molecule has 0 saturated carbocycles. The van der Waals surface area contributed by atoms with Gasteiger partial charge in [-0.3, -0.25) is 4.79 Å². The molecule has 0 spiro atoms. The number of hydrogen-bond acceptors (Lipinski definition) is 3.